The van der Waals surface area contributed by atoms with Crippen molar-refractivity contribution in [3.8, 4) is 0 Å². The molecule has 0 saturated carbocycles. The van der Waals surface area contributed by atoms with Crippen LogP contribution in [0.1, 0.15) is 0 Å². The highest BCUT2D eigenvalue weighted by Gasteiger charge is 2.14. The lowest BCUT2D eigenvalue weighted by atomic mass is 10.2. The first-order valence-corrected chi connectivity index (χ1v) is 5.07. The number of anilines is 1. The molecule has 0 aliphatic heterocycles. The molecule has 0 radical (unpaired) electrons. The third-order valence-electron chi connectivity index (χ3n) is 2.32. The number of hydrogen-bond donors (Lipinski definition) is 1. The van der Waals surface area contributed by atoms with Crippen LogP contribution in [0.15, 0.2) is 33.5 Å². The maximum atomic E-state index is 11.6. The molecule has 0 aliphatic rings. The van der Waals surface area contributed by atoms with Gasteiger partial charge in [-0.15, -0.1) is 0 Å². The minimum Gasteiger partial charge on any atom is -0.465 e. The molecule has 0 bridgehead atoms. The number of amides is 1. The summed E-state index contributed by atoms with van der Waals surface area (Å²) in [6.45, 7) is 0. The molecular formula is C11H8ClNO4. The van der Waals surface area contributed by atoms with Crippen molar-refractivity contribution in [3.05, 3.63) is 39.7 Å². The topological polar surface area (TPSA) is 70.8 Å². The summed E-state index contributed by atoms with van der Waals surface area (Å²) in [5.74, 6) is 0. The van der Waals surface area contributed by atoms with Crippen molar-refractivity contribution in [2.45, 2.75) is 0 Å². The van der Waals surface area contributed by atoms with Crippen molar-refractivity contribution in [1.29, 1.82) is 0 Å². The molecule has 0 saturated heterocycles. The zero-order chi connectivity index (χ0) is 12.6. The van der Waals surface area contributed by atoms with E-state index in [1.54, 1.807) is 18.2 Å². The maximum absolute atomic E-state index is 11.6. The third kappa shape index (κ3) is 2.09. The minimum atomic E-state index is -1.24. The van der Waals surface area contributed by atoms with Crippen LogP contribution in [-0.4, -0.2) is 18.2 Å². The Bertz CT molecular complexity index is 649. The Labute approximate surface area is 101 Å². The second kappa shape index (κ2) is 4.10. The van der Waals surface area contributed by atoms with E-state index in [2.05, 4.69) is 0 Å². The molecule has 17 heavy (non-hydrogen) atoms. The monoisotopic (exact) mass is 253 g/mol. The molecule has 5 nitrogen and oxygen atoms in total. The molecule has 0 unspecified atom stereocenters. The Hall–Kier alpha value is -2.01. The van der Waals surface area contributed by atoms with Gasteiger partial charge in [-0.05, 0) is 24.3 Å². The molecule has 0 atom stereocenters. The van der Waals surface area contributed by atoms with E-state index < -0.39 is 11.7 Å². The van der Waals surface area contributed by atoms with Gasteiger partial charge in [0.1, 0.15) is 11.3 Å². The van der Waals surface area contributed by atoms with Gasteiger partial charge in [-0.2, -0.15) is 0 Å². The van der Waals surface area contributed by atoms with Gasteiger partial charge in [0.15, 0.2) is 0 Å². The Morgan fingerprint density at radius 2 is 2.12 bits per heavy atom. The molecule has 0 aliphatic carbocycles. The number of carbonyl (C=O) groups is 1. The number of halogens is 1. The lowest BCUT2D eigenvalue weighted by Gasteiger charge is -2.11. The zero-order valence-corrected chi connectivity index (χ0v) is 9.56. The average molecular weight is 254 g/mol. The smallest absolute Gasteiger partial charge is 0.411 e. The van der Waals surface area contributed by atoms with E-state index in [-0.39, 0.29) is 5.69 Å². The van der Waals surface area contributed by atoms with E-state index in [1.807, 2.05) is 0 Å². The van der Waals surface area contributed by atoms with E-state index in [0.29, 0.717) is 16.0 Å². The molecule has 2 aromatic rings. The summed E-state index contributed by atoms with van der Waals surface area (Å²) in [5, 5.41) is 9.86. The quantitative estimate of drug-likeness (QED) is 0.793. The normalized spacial score (nSPS) is 10.5. The molecule has 1 heterocycles. The van der Waals surface area contributed by atoms with E-state index in [0.717, 1.165) is 4.90 Å². The molecule has 6 heteroatoms. The fourth-order valence-corrected chi connectivity index (χ4v) is 1.60. The second-order valence-electron chi connectivity index (χ2n) is 3.44. The first-order valence-electron chi connectivity index (χ1n) is 4.69. The van der Waals surface area contributed by atoms with Crippen molar-refractivity contribution in [3.63, 3.8) is 0 Å². The largest absolute Gasteiger partial charge is 0.465 e. The summed E-state index contributed by atoms with van der Waals surface area (Å²) in [5.41, 5.74) is -0.390. The standard InChI is InChI=1S/C11H8ClNO4/c1-13(11(15)16)8-5-6-4-7(12)2-3-9(6)17-10(8)14/h2-5H,1H3,(H,15,16). The zero-order valence-electron chi connectivity index (χ0n) is 8.81. The molecule has 0 fully saturated rings. The molecule has 1 aromatic heterocycles. The SMILES string of the molecule is CN(C(=O)O)c1cc2cc(Cl)ccc2oc1=O. The maximum Gasteiger partial charge on any atom is 0.411 e. The van der Waals surface area contributed by atoms with Crippen molar-refractivity contribution in [2.24, 2.45) is 0 Å². The van der Waals surface area contributed by atoms with Crippen molar-refractivity contribution < 1.29 is 14.3 Å². The number of nitrogens with zero attached hydrogens (tertiary/aromatic N) is 1. The lowest BCUT2D eigenvalue weighted by Crippen LogP contribution is -2.28. The summed E-state index contributed by atoms with van der Waals surface area (Å²) in [4.78, 5) is 23.1. The minimum absolute atomic E-state index is 0.0488. The first kappa shape index (κ1) is 11.5. The van der Waals surface area contributed by atoms with Crippen LogP contribution >= 0.6 is 11.6 Å². The predicted molar refractivity (Wildman–Crippen MR) is 63.9 cm³/mol. The second-order valence-corrected chi connectivity index (χ2v) is 3.88. The fourth-order valence-electron chi connectivity index (χ4n) is 1.42. The Kier molecular flexibility index (Phi) is 2.77. The molecule has 1 amide bonds. The summed E-state index contributed by atoms with van der Waals surface area (Å²) >= 11 is 5.80. The summed E-state index contributed by atoms with van der Waals surface area (Å²) in [7, 11) is 1.27. The lowest BCUT2D eigenvalue weighted by molar-refractivity contribution is 0.203. The van der Waals surface area contributed by atoms with E-state index in [9.17, 15) is 9.59 Å². The van der Waals surface area contributed by atoms with E-state index >= 15 is 0 Å². The van der Waals surface area contributed by atoms with Crippen LogP contribution in [0, 0.1) is 0 Å². The van der Waals surface area contributed by atoms with Gasteiger partial charge in [0.05, 0.1) is 0 Å². The van der Waals surface area contributed by atoms with Gasteiger partial charge in [0, 0.05) is 17.5 Å². The molecule has 2 rings (SSSR count). The van der Waals surface area contributed by atoms with Crippen LogP contribution in [-0.2, 0) is 0 Å². The molecule has 0 spiro atoms. The number of benzene rings is 1. The Morgan fingerprint density at radius 3 is 2.76 bits per heavy atom. The van der Waals surface area contributed by atoms with Gasteiger partial charge in [0.25, 0.3) is 0 Å². The number of hydrogen-bond acceptors (Lipinski definition) is 3. The van der Waals surface area contributed by atoms with Crippen LogP contribution in [0.3, 0.4) is 0 Å². The van der Waals surface area contributed by atoms with Gasteiger partial charge in [-0.3, -0.25) is 4.90 Å². The van der Waals surface area contributed by atoms with Crippen LogP contribution in [0.2, 0.25) is 5.02 Å². The van der Waals surface area contributed by atoms with Crippen LogP contribution in [0.5, 0.6) is 0 Å². The third-order valence-corrected chi connectivity index (χ3v) is 2.56. The van der Waals surface area contributed by atoms with Gasteiger partial charge >= 0.3 is 11.7 Å². The highest BCUT2D eigenvalue weighted by Crippen LogP contribution is 2.21. The molecule has 1 aromatic carbocycles. The highest BCUT2D eigenvalue weighted by molar-refractivity contribution is 6.31. The van der Waals surface area contributed by atoms with Gasteiger partial charge < -0.3 is 9.52 Å². The summed E-state index contributed by atoms with van der Waals surface area (Å²) in [6.07, 6.45) is -1.24. The number of carboxylic acid groups (broad SMARTS) is 1. The number of fused-ring (bicyclic) bond motifs is 1. The van der Waals surface area contributed by atoms with Crippen LogP contribution in [0.4, 0.5) is 10.5 Å². The summed E-state index contributed by atoms with van der Waals surface area (Å²) in [6, 6.07) is 6.18. The van der Waals surface area contributed by atoms with Crippen molar-refractivity contribution in [1.82, 2.24) is 0 Å². The Balaban J connectivity index is 2.69. The predicted octanol–water partition coefficient (Wildman–Crippen LogP) is 2.56. The Morgan fingerprint density at radius 1 is 1.41 bits per heavy atom. The van der Waals surface area contributed by atoms with Gasteiger partial charge in [-0.25, -0.2) is 9.59 Å². The van der Waals surface area contributed by atoms with Crippen LogP contribution in [0.25, 0.3) is 11.0 Å². The van der Waals surface area contributed by atoms with Gasteiger partial charge in [-0.1, -0.05) is 11.6 Å². The highest BCUT2D eigenvalue weighted by atomic mass is 35.5. The van der Waals surface area contributed by atoms with Gasteiger partial charge in [0.2, 0.25) is 0 Å². The van der Waals surface area contributed by atoms with E-state index in [1.165, 1.54) is 13.1 Å². The van der Waals surface area contributed by atoms with E-state index in [4.69, 9.17) is 21.1 Å². The van der Waals surface area contributed by atoms with Crippen molar-refractivity contribution in [2.75, 3.05) is 11.9 Å². The average Bonchev–Trinajstić information content (AvgIpc) is 2.27. The van der Waals surface area contributed by atoms with Crippen molar-refractivity contribution >= 4 is 34.4 Å². The summed E-state index contributed by atoms with van der Waals surface area (Å²) < 4.78 is 5.00. The molecule has 88 valence electrons. The molecule has 1 N–H and O–H groups in total. The fraction of sp³-hybridized carbons (Fsp3) is 0.0909. The first-order chi connectivity index (χ1) is 7.99. The number of rotatable bonds is 1. The molecular weight excluding hydrogens is 246 g/mol. The van der Waals surface area contributed by atoms with Crippen LogP contribution < -0.4 is 10.5 Å².